The maximum atomic E-state index is 13.2. The zero-order chi connectivity index (χ0) is 106. The summed E-state index contributed by atoms with van der Waals surface area (Å²) in [6.07, 6.45) is 27.4. The van der Waals surface area contributed by atoms with Crippen LogP contribution in [0.2, 0.25) is 10.0 Å². The molecule has 39 nitrogen and oxygen atoms in total. The molecule has 0 spiro atoms. The van der Waals surface area contributed by atoms with Crippen molar-refractivity contribution < 1.29 is 8.78 Å². The zero-order valence-corrected chi connectivity index (χ0v) is 92.5. The number of nitrogens with zero attached hydrogens (tertiary/aromatic N) is 33. The standard InChI is InChI=1S/C17H18Br2N6S.C17H18Cl2N6S.C17H18F2N6S.3C16H19N7S/c3*1-24-6-8-25(9-7-24)17(26)23-22-16(14-4-2-12(18)10-20-14)15-5-3-13(19)11-21-15;1-22-8-10-23(11-9-22)16(24)21-20-15(13-2-5-17-6-3-13)14-4-7-18-19-12-14;1-22-7-9-23(10-8-22)16(24)21-20-15(13-3-2-5-17-11-13)14-4-6-18-19-12-14;1-22-8-10-23(11-9-22)16(24)21-20-15(13-5-7-18-19-12-13)14-4-2-3-6-17-14/h3*2-5,10-11H,6-9H2,1H3,(H,23,26);2-7,12H,8-11H2,1H3,(H,21,24);2-6,11-12H,7-10H2,1H3,(H,21,24);2-7,12H,8-11H2,1H3,(H,21,24)/b;;;2*20-15-;20-15+. The van der Waals surface area contributed by atoms with Crippen LogP contribution in [0.15, 0.2) is 278 Å². The predicted molar refractivity (Wildman–Crippen MR) is 612 cm³/mol. The lowest BCUT2D eigenvalue weighted by Gasteiger charge is -2.33. The van der Waals surface area contributed by atoms with Crippen molar-refractivity contribution in [2.24, 2.45) is 30.6 Å². The number of hydrogen-bond donors (Lipinski definition) is 6. The van der Waals surface area contributed by atoms with Gasteiger partial charge in [0.1, 0.15) is 40.2 Å². The third-order valence-corrected chi connectivity index (χ3v) is 27.0. The van der Waals surface area contributed by atoms with Crippen LogP contribution in [0.4, 0.5) is 8.78 Å². The number of hydrazone groups is 6. The molecular formula is C99H111Br2Cl2F2N39S6. The van der Waals surface area contributed by atoms with E-state index in [9.17, 15) is 8.78 Å². The molecule has 780 valence electrons. The molecule has 18 heterocycles. The van der Waals surface area contributed by atoms with Gasteiger partial charge in [-0.05, 0) is 275 Å². The maximum Gasteiger partial charge on any atom is 0.189 e. The monoisotopic (exact) mass is 2300 g/mol. The number of pyridine rings is 9. The first-order valence-electron chi connectivity index (χ1n) is 47.4. The van der Waals surface area contributed by atoms with Gasteiger partial charge in [0, 0.05) is 250 Å². The first kappa shape index (κ1) is 114. The number of aromatic nitrogens is 15. The first-order chi connectivity index (χ1) is 72.8. The number of piperazine rings is 6. The van der Waals surface area contributed by atoms with E-state index in [1.165, 1.54) is 24.3 Å². The number of nitrogens with one attached hydrogen (secondary N) is 6. The Bertz CT molecular complexity index is 5600. The van der Waals surface area contributed by atoms with Crippen molar-refractivity contribution in [3.05, 3.63) is 337 Å². The van der Waals surface area contributed by atoms with Gasteiger partial charge in [0.05, 0.1) is 105 Å². The van der Waals surface area contributed by atoms with E-state index in [2.05, 4.69) is 267 Å². The highest BCUT2D eigenvalue weighted by Gasteiger charge is 2.26. The van der Waals surface area contributed by atoms with Crippen molar-refractivity contribution in [2.75, 3.05) is 199 Å². The van der Waals surface area contributed by atoms with Crippen LogP contribution in [0.1, 0.15) is 67.7 Å². The molecule has 6 N–H and O–H groups in total. The van der Waals surface area contributed by atoms with Crippen LogP contribution in [-0.2, 0) is 0 Å². The fourth-order valence-corrected chi connectivity index (χ4v) is 16.7. The molecule has 6 fully saturated rings. The number of thiocarbonyl (C=S) groups is 6. The van der Waals surface area contributed by atoms with Gasteiger partial charge in [-0.25, -0.2) is 8.78 Å². The van der Waals surface area contributed by atoms with Gasteiger partial charge in [-0.3, -0.25) is 77.4 Å². The van der Waals surface area contributed by atoms with E-state index in [0.29, 0.717) is 86.3 Å². The lowest BCUT2D eigenvalue weighted by molar-refractivity contribution is 0.214. The molecular weight excluding hydrogens is 2200 g/mol. The molecule has 6 saturated heterocycles. The molecule has 12 aromatic heterocycles. The minimum atomic E-state index is -0.457. The van der Waals surface area contributed by atoms with Crippen molar-refractivity contribution in [2.45, 2.75) is 0 Å². The van der Waals surface area contributed by atoms with Crippen molar-refractivity contribution >= 4 is 193 Å². The summed E-state index contributed by atoms with van der Waals surface area (Å²) in [5, 5.41) is 54.8. The second-order valence-electron chi connectivity index (χ2n) is 34.3. The Morgan fingerprint density at radius 1 is 0.247 bits per heavy atom. The molecule has 6 aliphatic heterocycles. The van der Waals surface area contributed by atoms with Gasteiger partial charge in [-0.1, -0.05) is 29.3 Å². The molecule has 0 bridgehead atoms. The van der Waals surface area contributed by atoms with Crippen LogP contribution in [0.25, 0.3) is 0 Å². The largest absolute Gasteiger partial charge is 0.345 e. The number of likely N-dealkylation sites (N-methyl/N-ethyl adjacent to an activating group) is 6. The Morgan fingerprint density at radius 2 is 0.520 bits per heavy atom. The quantitative estimate of drug-likeness (QED) is 0.0264. The van der Waals surface area contributed by atoms with Crippen LogP contribution >= 0.6 is 128 Å². The molecule has 0 unspecified atom stereocenters. The second-order valence-corrected chi connectivity index (χ2v) is 39.3. The van der Waals surface area contributed by atoms with E-state index in [0.717, 1.165) is 235 Å². The molecule has 12 aromatic rings. The summed E-state index contributed by atoms with van der Waals surface area (Å²) in [5.74, 6) is -0.915. The molecule has 0 aliphatic carbocycles. The fourth-order valence-electron chi connectivity index (χ4n) is 14.6. The van der Waals surface area contributed by atoms with Crippen molar-refractivity contribution in [1.29, 1.82) is 0 Å². The van der Waals surface area contributed by atoms with Crippen LogP contribution < -0.4 is 32.6 Å². The highest BCUT2D eigenvalue weighted by molar-refractivity contribution is 9.10. The summed E-state index contributed by atoms with van der Waals surface area (Å²) in [7, 11) is 12.6. The molecule has 0 aromatic carbocycles. The van der Waals surface area contributed by atoms with Crippen LogP contribution in [0.5, 0.6) is 0 Å². The lowest BCUT2D eigenvalue weighted by atomic mass is 10.1. The minimum absolute atomic E-state index is 0.349. The van der Waals surface area contributed by atoms with E-state index < -0.39 is 11.6 Å². The fraction of sp³-hybridized carbons (Fsp3) is 0.303. The third kappa shape index (κ3) is 36.7. The lowest BCUT2D eigenvalue weighted by Crippen LogP contribution is -2.49. The van der Waals surface area contributed by atoms with Crippen molar-refractivity contribution in [1.82, 2.24) is 167 Å². The molecule has 51 heteroatoms. The summed E-state index contributed by atoms with van der Waals surface area (Å²) >= 11 is 51.5. The second kappa shape index (κ2) is 60.1. The van der Waals surface area contributed by atoms with Crippen LogP contribution in [0.3, 0.4) is 0 Å². The zero-order valence-electron chi connectivity index (χ0n) is 83.0. The predicted octanol–water partition coefficient (Wildman–Crippen LogP) is 9.40. The average Bonchev–Trinajstić information content (AvgIpc) is 0.828. The third-order valence-electron chi connectivity index (χ3n) is 23.5. The highest BCUT2D eigenvalue weighted by Crippen LogP contribution is 2.21. The summed E-state index contributed by atoms with van der Waals surface area (Å²) in [6.45, 7) is 22.2. The Balaban J connectivity index is 0.000000150. The average molecular weight is 2310 g/mol. The van der Waals surface area contributed by atoms with Gasteiger partial charge in [-0.15, -0.1) is 0 Å². The van der Waals surface area contributed by atoms with E-state index in [4.69, 9.17) is 96.5 Å². The van der Waals surface area contributed by atoms with E-state index in [1.807, 2.05) is 89.8 Å². The number of hydrogen-bond acceptors (Lipinski definition) is 33. The summed E-state index contributed by atoms with van der Waals surface area (Å²) in [4.78, 5) is 64.5. The van der Waals surface area contributed by atoms with Gasteiger partial charge < -0.3 is 58.8 Å². The topological polar surface area (TPSA) is 379 Å². The minimum Gasteiger partial charge on any atom is -0.345 e. The molecule has 0 radical (unpaired) electrons. The first-order valence-corrected chi connectivity index (χ1v) is 52.2. The van der Waals surface area contributed by atoms with Crippen LogP contribution in [-0.4, -0.2) is 399 Å². The SMILES string of the molecule is CN1CCN(C(=S)N/N=C(/c2cccnc2)c2ccnnc2)CC1.CN1CCN(C(=S)N/N=C(/c2ccncc2)c2ccnnc2)CC1.CN1CCN(C(=S)N/N=C(\c2ccnnc2)c2ccccn2)CC1.CN1CCN(C(=S)NN=C(c2ccc(Br)cn2)c2ccc(Br)cn2)CC1.CN1CCN(C(=S)NN=C(c2ccc(Cl)cn2)c2ccc(Cl)cn2)CC1.CN1CCN(C(=S)NN=C(c2ccc(F)cn2)c2ccc(F)cn2)CC1. The van der Waals surface area contributed by atoms with Crippen molar-refractivity contribution in [3.8, 4) is 0 Å². The number of rotatable bonds is 18. The van der Waals surface area contributed by atoms with Gasteiger partial charge >= 0.3 is 0 Å². The smallest absolute Gasteiger partial charge is 0.189 e. The van der Waals surface area contributed by atoms with Gasteiger partial charge in [0.25, 0.3) is 0 Å². The van der Waals surface area contributed by atoms with E-state index >= 15 is 0 Å². The Morgan fingerprint density at radius 3 is 0.787 bits per heavy atom. The summed E-state index contributed by atoms with van der Waals surface area (Å²) in [6, 6.07) is 39.2. The van der Waals surface area contributed by atoms with Gasteiger partial charge in [0.2, 0.25) is 0 Å². The highest BCUT2D eigenvalue weighted by atomic mass is 79.9. The Hall–Kier alpha value is -13.1. The Labute approximate surface area is 928 Å². The van der Waals surface area contributed by atoms with E-state index in [-0.39, 0.29) is 0 Å². The summed E-state index contributed by atoms with van der Waals surface area (Å²) < 4.78 is 28.2. The van der Waals surface area contributed by atoms with Gasteiger partial charge in [-0.2, -0.15) is 61.2 Å². The Kier molecular flexibility index (Phi) is 45.7. The van der Waals surface area contributed by atoms with Gasteiger partial charge in [0.15, 0.2) is 30.7 Å². The van der Waals surface area contributed by atoms with Crippen molar-refractivity contribution in [3.63, 3.8) is 0 Å². The molecule has 150 heavy (non-hydrogen) atoms. The molecule has 0 amide bonds. The normalized spacial score (nSPS) is 15.4. The van der Waals surface area contributed by atoms with E-state index in [1.54, 1.807) is 117 Å². The molecule has 18 rings (SSSR count). The maximum absolute atomic E-state index is 13.2. The molecule has 0 atom stereocenters. The number of halogens is 6. The van der Waals surface area contributed by atoms with Crippen LogP contribution in [0, 0.1) is 11.6 Å². The molecule has 6 aliphatic rings. The summed E-state index contributed by atoms with van der Waals surface area (Å²) in [5.41, 5.74) is 30.2. The molecule has 0 saturated carbocycles.